The van der Waals surface area contributed by atoms with E-state index in [2.05, 4.69) is 10.2 Å². The van der Waals surface area contributed by atoms with Crippen LogP contribution in [0.15, 0.2) is 42.5 Å². The molecule has 0 radical (unpaired) electrons. The van der Waals surface area contributed by atoms with Crippen LogP contribution in [0, 0.1) is 10.1 Å². The summed E-state index contributed by atoms with van der Waals surface area (Å²) in [5, 5.41) is 14.1. The molecule has 1 saturated heterocycles. The van der Waals surface area contributed by atoms with Crippen LogP contribution in [0.3, 0.4) is 0 Å². The summed E-state index contributed by atoms with van der Waals surface area (Å²) in [5.74, 6) is -0.326. The molecule has 0 saturated carbocycles. The van der Waals surface area contributed by atoms with Gasteiger partial charge < -0.3 is 19.9 Å². The first-order valence-electron chi connectivity index (χ1n) is 9.56. The number of amides is 1. The van der Waals surface area contributed by atoms with Crippen LogP contribution >= 0.6 is 0 Å². The fourth-order valence-electron chi connectivity index (χ4n) is 3.30. The summed E-state index contributed by atoms with van der Waals surface area (Å²) >= 11 is 0. The quantitative estimate of drug-likeness (QED) is 0.569. The van der Waals surface area contributed by atoms with Crippen LogP contribution in [0.1, 0.15) is 21.5 Å². The van der Waals surface area contributed by atoms with Crippen LogP contribution in [-0.4, -0.2) is 56.1 Å². The Bertz CT molecular complexity index is 861. The smallest absolute Gasteiger partial charge is 0.270 e. The molecule has 0 aliphatic carbocycles. The number of ether oxygens (including phenoxy) is 1. The SMILES string of the molecule is CN(C)Cc1ccc(CNC(=O)c2cc([N+](=O)[O-])ccc2N2CCOCC2)cc1. The third kappa shape index (κ3) is 5.52. The summed E-state index contributed by atoms with van der Waals surface area (Å²) in [4.78, 5) is 27.7. The monoisotopic (exact) mass is 398 g/mol. The van der Waals surface area contributed by atoms with E-state index >= 15 is 0 Å². The Labute approximate surface area is 170 Å². The van der Waals surface area contributed by atoms with E-state index in [1.54, 1.807) is 6.07 Å². The molecule has 1 aliphatic heterocycles. The Hall–Kier alpha value is -2.97. The van der Waals surface area contributed by atoms with Gasteiger partial charge in [0.25, 0.3) is 11.6 Å². The second-order valence-corrected chi connectivity index (χ2v) is 7.29. The average Bonchev–Trinajstić information content (AvgIpc) is 2.72. The number of hydrogen-bond donors (Lipinski definition) is 1. The van der Waals surface area contributed by atoms with Crippen molar-refractivity contribution >= 4 is 17.3 Å². The number of carbonyl (C=O) groups is 1. The Morgan fingerprint density at radius 2 is 1.79 bits per heavy atom. The zero-order valence-corrected chi connectivity index (χ0v) is 16.8. The molecule has 3 rings (SSSR count). The maximum atomic E-state index is 12.9. The number of nitrogens with zero attached hydrogens (tertiary/aromatic N) is 3. The third-order valence-corrected chi connectivity index (χ3v) is 4.76. The van der Waals surface area contributed by atoms with Gasteiger partial charge in [-0.15, -0.1) is 0 Å². The van der Waals surface area contributed by atoms with Gasteiger partial charge in [0.15, 0.2) is 0 Å². The van der Waals surface area contributed by atoms with Gasteiger partial charge in [0.05, 0.1) is 29.4 Å². The topological polar surface area (TPSA) is 88.0 Å². The van der Waals surface area contributed by atoms with E-state index < -0.39 is 4.92 Å². The first-order chi connectivity index (χ1) is 13.9. The van der Waals surface area contributed by atoms with Crippen molar-refractivity contribution in [1.82, 2.24) is 10.2 Å². The summed E-state index contributed by atoms with van der Waals surface area (Å²) in [5.41, 5.74) is 3.07. The van der Waals surface area contributed by atoms with Gasteiger partial charge in [0.2, 0.25) is 0 Å². The number of carbonyl (C=O) groups excluding carboxylic acids is 1. The number of benzene rings is 2. The molecule has 1 fully saturated rings. The lowest BCUT2D eigenvalue weighted by Crippen LogP contribution is -2.38. The van der Waals surface area contributed by atoms with Gasteiger partial charge in [0.1, 0.15) is 0 Å². The fourth-order valence-corrected chi connectivity index (χ4v) is 3.30. The van der Waals surface area contributed by atoms with Crippen LogP contribution in [0.2, 0.25) is 0 Å². The Balaban J connectivity index is 1.74. The van der Waals surface area contributed by atoms with Crippen LogP contribution in [0.5, 0.6) is 0 Å². The highest BCUT2D eigenvalue weighted by molar-refractivity contribution is 6.00. The number of hydrogen-bond acceptors (Lipinski definition) is 6. The number of non-ortho nitro benzene ring substituents is 1. The van der Waals surface area contributed by atoms with Gasteiger partial charge in [-0.1, -0.05) is 24.3 Å². The number of anilines is 1. The standard InChI is InChI=1S/C21H26N4O4/c1-23(2)15-17-5-3-16(4-6-17)14-22-21(26)19-13-18(25(27)28)7-8-20(19)24-9-11-29-12-10-24/h3-8,13H,9-12,14-15H2,1-2H3,(H,22,26). The van der Waals surface area contributed by atoms with Crippen LogP contribution in [0.4, 0.5) is 11.4 Å². The minimum Gasteiger partial charge on any atom is -0.378 e. The van der Waals surface area contributed by atoms with Gasteiger partial charge in [-0.25, -0.2) is 0 Å². The molecule has 8 heteroatoms. The molecule has 0 bridgehead atoms. The van der Waals surface area contributed by atoms with Crippen molar-refractivity contribution in [3.05, 3.63) is 69.3 Å². The molecule has 29 heavy (non-hydrogen) atoms. The van der Waals surface area contributed by atoms with Gasteiger partial charge in [-0.3, -0.25) is 14.9 Å². The molecule has 0 aromatic heterocycles. The largest absolute Gasteiger partial charge is 0.378 e. The van der Waals surface area contributed by atoms with Crippen LogP contribution < -0.4 is 10.2 Å². The van der Waals surface area contributed by atoms with E-state index in [9.17, 15) is 14.9 Å². The first-order valence-corrected chi connectivity index (χ1v) is 9.56. The van der Waals surface area contributed by atoms with E-state index in [4.69, 9.17) is 4.74 Å². The second-order valence-electron chi connectivity index (χ2n) is 7.29. The molecule has 1 amide bonds. The number of nitrogens with one attached hydrogen (secondary N) is 1. The zero-order chi connectivity index (χ0) is 20.8. The van der Waals surface area contributed by atoms with E-state index in [1.807, 2.05) is 43.3 Å². The van der Waals surface area contributed by atoms with E-state index in [0.29, 0.717) is 44.1 Å². The molecular formula is C21H26N4O4. The lowest BCUT2D eigenvalue weighted by Gasteiger charge is -2.30. The first kappa shape index (κ1) is 20.8. The molecule has 1 aliphatic rings. The second kappa shape index (κ2) is 9.49. The van der Waals surface area contributed by atoms with Crippen molar-refractivity contribution in [1.29, 1.82) is 0 Å². The van der Waals surface area contributed by atoms with Gasteiger partial charge in [0, 0.05) is 38.3 Å². The maximum Gasteiger partial charge on any atom is 0.270 e. The minimum absolute atomic E-state index is 0.0970. The molecule has 1 heterocycles. The fraction of sp³-hybridized carbons (Fsp3) is 0.381. The van der Waals surface area contributed by atoms with Crippen molar-refractivity contribution < 1.29 is 14.5 Å². The average molecular weight is 398 g/mol. The highest BCUT2D eigenvalue weighted by Crippen LogP contribution is 2.26. The Morgan fingerprint density at radius 1 is 1.14 bits per heavy atom. The third-order valence-electron chi connectivity index (χ3n) is 4.76. The van der Waals surface area contributed by atoms with Crippen molar-refractivity contribution in [2.45, 2.75) is 13.1 Å². The van der Waals surface area contributed by atoms with E-state index in [0.717, 1.165) is 12.1 Å². The summed E-state index contributed by atoms with van der Waals surface area (Å²) < 4.78 is 5.37. The highest BCUT2D eigenvalue weighted by Gasteiger charge is 2.22. The van der Waals surface area contributed by atoms with Crippen molar-refractivity contribution in [3.63, 3.8) is 0 Å². The molecule has 0 atom stereocenters. The highest BCUT2D eigenvalue weighted by atomic mass is 16.6. The molecular weight excluding hydrogens is 372 g/mol. The Kier molecular flexibility index (Phi) is 6.79. The summed E-state index contributed by atoms with van der Waals surface area (Å²) in [7, 11) is 4.03. The lowest BCUT2D eigenvalue weighted by molar-refractivity contribution is -0.384. The van der Waals surface area contributed by atoms with Crippen molar-refractivity contribution in [2.75, 3.05) is 45.3 Å². The number of rotatable bonds is 7. The zero-order valence-electron chi connectivity index (χ0n) is 16.8. The molecule has 2 aromatic rings. The van der Waals surface area contributed by atoms with Gasteiger partial charge in [-0.2, -0.15) is 0 Å². The number of morpholine rings is 1. The molecule has 154 valence electrons. The number of nitro groups is 1. The minimum atomic E-state index is -0.483. The van der Waals surface area contributed by atoms with Crippen molar-refractivity contribution in [2.24, 2.45) is 0 Å². The Morgan fingerprint density at radius 3 is 2.41 bits per heavy atom. The predicted octanol–water partition coefficient (Wildman–Crippen LogP) is 2.42. The summed E-state index contributed by atoms with van der Waals surface area (Å²) in [6.07, 6.45) is 0. The van der Waals surface area contributed by atoms with Crippen LogP contribution in [0.25, 0.3) is 0 Å². The van der Waals surface area contributed by atoms with E-state index in [-0.39, 0.29) is 11.6 Å². The van der Waals surface area contributed by atoms with Crippen molar-refractivity contribution in [3.8, 4) is 0 Å². The van der Waals surface area contributed by atoms with Crippen LogP contribution in [-0.2, 0) is 17.8 Å². The molecule has 8 nitrogen and oxygen atoms in total. The van der Waals surface area contributed by atoms with Gasteiger partial charge in [-0.05, 0) is 31.3 Å². The summed E-state index contributed by atoms with van der Waals surface area (Å²) in [6, 6.07) is 12.5. The number of nitro benzene ring substituents is 1. The molecule has 0 unspecified atom stereocenters. The normalized spacial score (nSPS) is 14.1. The molecule has 0 spiro atoms. The molecule has 1 N–H and O–H groups in total. The predicted molar refractivity (Wildman–Crippen MR) is 111 cm³/mol. The summed E-state index contributed by atoms with van der Waals surface area (Å²) in [6.45, 7) is 3.63. The lowest BCUT2D eigenvalue weighted by atomic mass is 10.1. The van der Waals surface area contributed by atoms with Gasteiger partial charge >= 0.3 is 0 Å². The molecule has 2 aromatic carbocycles. The maximum absolute atomic E-state index is 12.9. The van der Waals surface area contributed by atoms with E-state index in [1.165, 1.54) is 17.7 Å².